The lowest BCUT2D eigenvalue weighted by Crippen LogP contribution is -2.59. The van der Waals surface area contributed by atoms with Gasteiger partial charge in [-0.3, -0.25) is 9.59 Å². The normalized spacial score (nSPS) is 14.6. The largest absolute Gasteiger partial charge is 0.464 e. The van der Waals surface area contributed by atoms with E-state index in [4.69, 9.17) is 14.2 Å². The van der Waals surface area contributed by atoms with Gasteiger partial charge in [0.25, 0.3) is 5.91 Å². The van der Waals surface area contributed by atoms with E-state index >= 15 is 0 Å². The molecular weight excluding hydrogens is 597 g/mol. The molecule has 2 atom stereocenters. The molecule has 46 heavy (non-hydrogen) atoms. The third-order valence-corrected chi connectivity index (χ3v) is 6.51. The quantitative estimate of drug-likeness (QED) is 0.268. The molecule has 3 amide bonds. The van der Waals surface area contributed by atoms with Crippen molar-refractivity contribution < 1.29 is 37.8 Å². The van der Waals surface area contributed by atoms with Crippen molar-refractivity contribution in [3.05, 3.63) is 84.1 Å². The summed E-state index contributed by atoms with van der Waals surface area (Å²) in [7, 11) is 0. The predicted molar refractivity (Wildman–Crippen MR) is 169 cm³/mol. The molecule has 3 rings (SSSR count). The second-order valence-corrected chi connectivity index (χ2v) is 12.0. The highest BCUT2D eigenvalue weighted by molar-refractivity contribution is 5.98. The van der Waals surface area contributed by atoms with E-state index in [9.17, 15) is 23.6 Å². The van der Waals surface area contributed by atoms with Crippen LogP contribution in [0.3, 0.4) is 0 Å². The van der Waals surface area contributed by atoms with Gasteiger partial charge in [-0.2, -0.15) is 0 Å². The van der Waals surface area contributed by atoms with E-state index in [1.165, 1.54) is 49.2 Å². The third-order valence-electron chi connectivity index (χ3n) is 6.51. The van der Waals surface area contributed by atoms with Gasteiger partial charge in [0.15, 0.2) is 11.9 Å². The molecule has 0 aliphatic heterocycles. The number of alkyl carbamates (subject to hydrolysis) is 1. The van der Waals surface area contributed by atoms with Crippen LogP contribution in [0.1, 0.15) is 59.6 Å². The van der Waals surface area contributed by atoms with Crippen LogP contribution in [0, 0.1) is 0 Å². The summed E-state index contributed by atoms with van der Waals surface area (Å²) in [6.45, 7) is 9.81. The number of carbonyl (C=O) groups is 4. The van der Waals surface area contributed by atoms with Crippen LogP contribution in [0.2, 0.25) is 0 Å². The molecule has 2 aromatic rings. The summed E-state index contributed by atoms with van der Waals surface area (Å²) in [6.07, 6.45) is 7.91. The van der Waals surface area contributed by atoms with Crippen molar-refractivity contribution in [3.63, 3.8) is 0 Å². The van der Waals surface area contributed by atoms with E-state index in [2.05, 4.69) is 20.9 Å². The van der Waals surface area contributed by atoms with Crippen molar-refractivity contribution in [2.75, 3.05) is 18.5 Å². The Morgan fingerprint density at radius 2 is 1.80 bits per heavy atom. The van der Waals surface area contributed by atoms with Gasteiger partial charge in [0.1, 0.15) is 23.0 Å². The highest BCUT2D eigenvalue weighted by Crippen LogP contribution is 2.27. The third kappa shape index (κ3) is 11.0. The Morgan fingerprint density at radius 3 is 2.48 bits per heavy atom. The number of nitrogens with zero attached hydrogens (tertiary/aromatic N) is 2. The molecule has 12 nitrogen and oxygen atoms in total. The maximum atomic E-state index is 13.8. The summed E-state index contributed by atoms with van der Waals surface area (Å²) in [5.74, 6) is -2.25. The second kappa shape index (κ2) is 16.0. The molecule has 248 valence electrons. The van der Waals surface area contributed by atoms with Gasteiger partial charge in [-0.05, 0) is 71.3 Å². The molecule has 3 N–H and O–H groups in total. The number of halogens is 1. The number of aromatic nitrogens is 2. The topological polar surface area (TPSA) is 150 Å². The molecule has 0 bridgehead atoms. The van der Waals surface area contributed by atoms with Crippen LogP contribution < -0.4 is 16.0 Å². The van der Waals surface area contributed by atoms with Crippen molar-refractivity contribution in [2.45, 2.75) is 77.8 Å². The van der Waals surface area contributed by atoms with Crippen LogP contribution in [0.15, 0.2) is 78.6 Å². The maximum Gasteiger partial charge on any atom is 0.408 e. The Morgan fingerprint density at radius 1 is 1.09 bits per heavy atom. The average Bonchev–Trinajstić information content (AvgIpc) is 3.31. The zero-order chi connectivity index (χ0) is 33.9. The lowest BCUT2D eigenvalue weighted by atomic mass is 10.0. The molecule has 1 aromatic carbocycles. The Labute approximate surface area is 268 Å². The van der Waals surface area contributed by atoms with E-state index in [1.807, 2.05) is 30.3 Å². The molecular formula is C33H42FN5O7. The molecule has 1 unspecified atom stereocenters. The predicted octanol–water partition coefficient (Wildman–Crippen LogP) is 4.67. The lowest BCUT2D eigenvalue weighted by molar-refractivity contribution is -0.146. The molecule has 1 aromatic heterocycles. The number of benzene rings is 1. The first-order valence-corrected chi connectivity index (χ1v) is 14.9. The molecule has 1 aliphatic rings. The highest BCUT2D eigenvalue weighted by Gasteiger charge is 2.35. The van der Waals surface area contributed by atoms with Crippen molar-refractivity contribution in [2.24, 2.45) is 0 Å². The zero-order valence-corrected chi connectivity index (χ0v) is 27.0. The van der Waals surface area contributed by atoms with Crippen LogP contribution in [0.4, 0.5) is 15.0 Å². The number of ether oxygens (including phenoxy) is 3. The number of anilines is 1. The Hall–Kier alpha value is -4.78. The first kappa shape index (κ1) is 35.7. The number of hydrogen-bond donors (Lipinski definition) is 3. The van der Waals surface area contributed by atoms with E-state index in [-0.39, 0.29) is 32.1 Å². The van der Waals surface area contributed by atoms with E-state index in [0.29, 0.717) is 5.57 Å². The van der Waals surface area contributed by atoms with Gasteiger partial charge < -0.3 is 34.7 Å². The van der Waals surface area contributed by atoms with Crippen LogP contribution in [-0.2, 0) is 35.2 Å². The molecule has 0 radical (unpaired) electrons. The van der Waals surface area contributed by atoms with E-state index in [0.717, 1.165) is 5.56 Å². The van der Waals surface area contributed by atoms with Gasteiger partial charge in [0.2, 0.25) is 5.91 Å². The van der Waals surface area contributed by atoms with E-state index < -0.39 is 52.9 Å². The van der Waals surface area contributed by atoms with Crippen LogP contribution >= 0.6 is 0 Å². The van der Waals surface area contributed by atoms with Crippen LogP contribution in [0.5, 0.6) is 0 Å². The molecule has 13 heteroatoms. The minimum Gasteiger partial charge on any atom is -0.464 e. The van der Waals surface area contributed by atoms with Gasteiger partial charge in [0, 0.05) is 6.20 Å². The van der Waals surface area contributed by atoms with Gasteiger partial charge in [-0.1, -0.05) is 42.5 Å². The SMILES string of the molecule is CCOC(=O)C(C1=CC=CC(F)=CC1)n1cnc(NC(=O)[C@@H](COCc2ccccc2)NC(=O)C(C)(C)NC(=O)OC(C)(C)C)c1. The summed E-state index contributed by atoms with van der Waals surface area (Å²) in [5.41, 5.74) is -0.822. The standard InChI is InChI=1S/C33H42FN5O7/c1-7-45-29(41)27(23-14-11-15-24(34)17-16-23)39-18-26(35-21-39)37-28(40)25(20-44-19-22-12-9-8-10-13-22)36-30(42)33(5,6)38-31(43)46-32(2,3)4/h8-15,17-18,21,25,27H,7,16,19-20H2,1-6H3,(H,36,42)(H,37,40)(H,38,43)/t25-,27?/m1/s1. The van der Waals surface area contributed by atoms with Gasteiger partial charge >= 0.3 is 12.1 Å². The Balaban J connectivity index is 1.79. The summed E-state index contributed by atoms with van der Waals surface area (Å²) in [4.78, 5) is 56.3. The maximum absolute atomic E-state index is 13.8. The fraction of sp³-hybridized carbons (Fsp3) is 0.424. The van der Waals surface area contributed by atoms with Crippen LogP contribution in [0.25, 0.3) is 0 Å². The number of rotatable bonds is 13. The monoisotopic (exact) mass is 639 g/mol. The molecule has 0 saturated carbocycles. The second-order valence-electron chi connectivity index (χ2n) is 12.0. The fourth-order valence-corrected chi connectivity index (χ4v) is 4.27. The smallest absolute Gasteiger partial charge is 0.408 e. The fourth-order valence-electron chi connectivity index (χ4n) is 4.27. The molecule has 0 fully saturated rings. The number of nitrogens with one attached hydrogen (secondary N) is 3. The summed E-state index contributed by atoms with van der Waals surface area (Å²) < 4.78 is 31.6. The molecule has 1 heterocycles. The summed E-state index contributed by atoms with van der Waals surface area (Å²) >= 11 is 0. The number of esters is 1. The molecule has 0 spiro atoms. The first-order chi connectivity index (χ1) is 21.7. The summed E-state index contributed by atoms with van der Waals surface area (Å²) in [6, 6.07) is 7.12. The minimum absolute atomic E-state index is 0.0826. The average molecular weight is 640 g/mol. The van der Waals surface area contributed by atoms with Crippen molar-refractivity contribution in [1.29, 1.82) is 0 Å². The number of allylic oxidation sites excluding steroid dienone is 5. The lowest BCUT2D eigenvalue weighted by Gasteiger charge is -2.29. The van der Waals surface area contributed by atoms with Crippen molar-refractivity contribution >= 4 is 29.7 Å². The minimum atomic E-state index is -1.45. The highest BCUT2D eigenvalue weighted by atomic mass is 19.1. The molecule has 1 aliphatic carbocycles. The number of hydrogen-bond acceptors (Lipinski definition) is 8. The first-order valence-electron chi connectivity index (χ1n) is 14.9. The number of amides is 3. The zero-order valence-electron chi connectivity index (χ0n) is 27.0. The summed E-state index contributed by atoms with van der Waals surface area (Å²) in [5, 5.41) is 7.82. The Kier molecular flexibility index (Phi) is 12.4. The Bertz CT molecular complexity index is 1470. The number of imidazole rings is 1. The van der Waals surface area contributed by atoms with E-state index in [1.54, 1.807) is 33.8 Å². The van der Waals surface area contributed by atoms with Gasteiger partial charge in [0.05, 0.1) is 26.1 Å². The molecule has 0 saturated heterocycles. The van der Waals surface area contributed by atoms with Crippen molar-refractivity contribution in [1.82, 2.24) is 20.2 Å². The van der Waals surface area contributed by atoms with Gasteiger partial charge in [-0.25, -0.2) is 19.0 Å². The number of carbonyl (C=O) groups excluding carboxylic acids is 4. The van der Waals surface area contributed by atoms with Crippen molar-refractivity contribution in [3.8, 4) is 0 Å². The van der Waals surface area contributed by atoms with Gasteiger partial charge in [-0.15, -0.1) is 0 Å². The van der Waals surface area contributed by atoms with Crippen LogP contribution in [-0.4, -0.2) is 63.8 Å².